The van der Waals surface area contributed by atoms with Gasteiger partial charge in [0.2, 0.25) is 0 Å². The second kappa shape index (κ2) is 6.50. The van der Waals surface area contributed by atoms with Crippen molar-refractivity contribution < 1.29 is 9.53 Å². The molecule has 0 aliphatic heterocycles. The molecule has 3 heteroatoms. The van der Waals surface area contributed by atoms with Crippen LogP contribution < -0.4 is 0 Å². The maximum absolute atomic E-state index is 12.0. The lowest BCUT2D eigenvalue weighted by Gasteiger charge is -2.14. The number of hydrogen-bond acceptors (Lipinski definition) is 3. The summed E-state index contributed by atoms with van der Waals surface area (Å²) in [6.07, 6.45) is 0.358. The lowest BCUT2D eigenvalue weighted by molar-refractivity contribution is -0.145. The van der Waals surface area contributed by atoms with Crippen LogP contribution in [-0.2, 0) is 16.0 Å². The predicted molar refractivity (Wildman–Crippen MR) is 90.9 cm³/mol. The minimum atomic E-state index is -0.788. The quantitative estimate of drug-likeness (QED) is 0.535. The summed E-state index contributed by atoms with van der Waals surface area (Å²) in [5.41, 5.74) is 1.03. The molecule has 1 unspecified atom stereocenters. The van der Waals surface area contributed by atoms with Crippen LogP contribution in [0, 0.1) is 17.2 Å². The smallest absolute Gasteiger partial charge is 0.323 e. The predicted octanol–water partition coefficient (Wildman–Crippen LogP) is 4.24. The third-order valence-electron chi connectivity index (χ3n) is 4.02. The molecule has 0 amide bonds. The number of esters is 1. The molecule has 0 aliphatic carbocycles. The number of benzene rings is 3. The monoisotopic (exact) mass is 303 g/mol. The van der Waals surface area contributed by atoms with Crippen LogP contribution in [0.4, 0.5) is 0 Å². The first-order chi connectivity index (χ1) is 11.2. The van der Waals surface area contributed by atoms with E-state index in [1.807, 2.05) is 36.4 Å². The van der Waals surface area contributed by atoms with Crippen LogP contribution in [0.3, 0.4) is 0 Å². The van der Waals surface area contributed by atoms with Gasteiger partial charge in [0.1, 0.15) is 5.92 Å². The number of nitrogens with zero attached hydrogens (tertiary/aromatic N) is 1. The van der Waals surface area contributed by atoms with Crippen molar-refractivity contribution in [3.05, 3.63) is 60.2 Å². The topological polar surface area (TPSA) is 50.1 Å². The van der Waals surface area contributed by atoms with Crippen molar-refractivity contribution in [2.45, 2.75) is 13.3 Å². The van der Waals surface area contributed by atoms with Gasteiger partial charge in [0.05, 0.1) is 12.7 Å². The van der Waals surface area contributed by atoms with Crippen LogP contribution in [-0.4, -0.2) is 12.6 Å². The molecule has 0 spiro atoms. The molecule has 0 fully saturated rings. The van der Waals surface area contributed by atoms with Gasteiger partial charge >= 0.3 is 5.97 Å². The minimum absolute atomic E-state index is 0.285. The third-order valence-corrected chi connectivity index (χ3v) is 4.02. The molecule has 0 N–H and O–H groups in total. The summed E-state index contributed by atoms with van der Waals surface area (Å²) in [6.45, 7) is 2.03. The molecule has 0 bridgehead atoms. The second-order valence-electron chi connectivity index (χ2n) is 5.44. The summed E-state index contributed by atoms with van der Waals surface area (Å²) in [7, 11) is 0. The standard InChI is InChI=1S/C20H17NO2/c1-2-23-20(22)16(13-21)12-19-17-9-5-3-7-14(17)11-15-8-4-6-10-18(15)19/h3-11,16H,2,12H2,1H3. The van der Waals surface area contributed by atoms with Crippen LogP contribution in [0.2, 0.25) is 0 Å². The highest BCUT2D eigenvalue weighted by Gasteiger charge is 2.22. The molecule has 1 atom stereocenters. The molecule has 0 radical (unpaired) electrons. The molecule has 0 saturated heterocycles. The van der Waals surface area contributed by atoms with E-state index in [-0.39, 0.29) is 6.61 Å². The van der Waals surface area contributed by atoms with Gasteiger partial charge in [-0.3, -0.25) is 4.79 Å². The Kier molecular flexibility index (Phi) is 4.25. The van der Waals surface area contributed by atoms with Gasteiger partial charge in [-0.15, -0.1) is 0 Å². The van der Waals surface area contributed by atoms with Crippen molar-refractivity contribution in [1.29, 1.82) is 5.26 Å². The summed E-state index contributed by atoms with van der Waals surface area (Å²) in [6, 6.07) is 20.4. The third kappa shape index (κ3) is 2.89. The van der Waals surface area contributed by atoms with Crippen molar-refractivity contribution in [3.8, 4) is 6.07 Å². The first kappa shape index (κ1) is 15.1. The molecule has 0 saturated carbocycles. The second-order valence-corrected chi connectivity index (χ2v) is 5.44. The van der Waals surface area contributed by atoms with E-state index in [4.69, 9.17) is 4.74 Å². The Morgan fingerprint density at radius 1 is 1.09 bits per heavy atom. The number of hydrogen-bond donors (Lipinski definition) is 0. The highest BCUT2D eigenvalue weighted by atomic mass is 16.5. The summed E-state index contributed by atoms with van der Waals surface area (Å²) < 4.78 is 5.03. The SMILES string of the molecule is CCOC(=O)C(C#N)Cc1c2ccccc2cc2ccccc12. The molecule has 0 aromatic heterocycles. The number of carbonyl (C=O) groups excluding carboxylic acids is 1. The lowest BCUT2D eigenvalue weighted by atomic mass is 9.90. The van der Waals surface area contributed by atoms with Gasteiger partial charge in [-0.25, -0.2) is 0 Å². The largest absolute Gasteiger partial charge is 0.465 e. The Hall–Kier alpha value is -2.86. The van der Waals surface area contributed by atoms with Gasteiger partial charge in [-0.05, 0) is 40.1 Å². The highest BCUT2D eigenvalue weighted by molar-refractivity contribution is 6.02. The van der Waals surface area contributed by atoms with Gasteiger partial charge in [-0.2, -0.15) is 5.26 Å². The van der Waals surface area contributed by atoms with Crippen molar-refractivity contribution in [2.75, 3.05) is 6.61 Å². The lowest BCUT2D eigenvalue weighted by Crippen LogP contribution is -2.18. The van der Waals surface area contributed by atoms with E-state index < -0.39 is 11.9 Å². The summed E-state index contributed by atoms with van der Waals surface area (Å²) in [5, 5.41) is 13.8. The zero-order chi connectivity index (χ0) is 16.2. The van der Waals surface area contributed by atoms with Crippen molar-refractivity contribution in [3.63, 3.8) is 0 Å². The molecule has 0 aliphatic rings. The Balaban J connectivity index is 2.17. The highest BCUT2D eigenvalue weighted by Crippen LogP contribution is 2.30. The molecule has 3 aromatic rings. The maximum atomic E-state index is 12.0. The molecule has 3 rings (SSSR count). The van der Waals surface area contributed by atoms with Gasteiger partial charge in [0.15, 0.2) is 0 Å². The summed E-state index contributed by atoms with van der Waals surface area (Å²) >= 11 is 0. The average Bonchev–Trinajstić information content (AvgIpc) is 2.58. The van der Waals surface area contributed by atoms with Crippen LogP contribution >= 0.6 is 0 Å². The van der Waals surface area contributed by atoms with Crippen molar-refractivity contribution in [1.82, 2.24) is 0 Å². The molecule has 3 nitrogen and oxygen atoms in total. The molecule has 0 heterocycles. The van der Waals surface area contributed by atoms with E-state index in [0.29, 0.717) is 6.42 Å². The fourth-order valence-electron chi connectivity index (χ4n) is 2.96. The van der Waals surface area contributed by atoms with Crippen LogP contribution in [0.25, 0.3) is 21.5 Å². The van der Waals surface area contributed by atoms with Crippen LogP contribution in [0.1, 0.15) is 12.5 Å². The fraction of sp³-hybridized carbons (Fsp3) is 0.200. The van der Waals surface area contributed by atoms with Crippen molar-refractivity contribution >= 4 is 27.5 Å². The zero-order valence-electron chi connectivity index (χ0n) is 13.0. The molecule has 23 heavy (non-hydrogen) atoms. The number of fused-ring (bicyclic) bond motifs is 2. The van der Waals surface area contributed by atoms with Gasteiger partial charge in [-0.1, -0.05) is 48.5 Å². The Morgan fingerprint density at radius 3 is 2.17 bits per heavy atom. The summed E-state index contributed by atoms with van der Waals surface area (Å²) in [4.78, 5) is 12.0. The first-order valence-corrected chi connectivity index (χ1v) is 7.70. The molecular weight excluding hydrogens is 286 g/mol. The Morgan fingerprint density at radius 2 is 1.65 bits per heavy atom. The van der Waals surface area contributed by atoms with Gasteiger partial charge < -0.3 is 4.74 Å². The molecular formula is C20H17NO2. The van der Waals surface area contributed by atoms with E-state index in [9.17, 15) is 10.1 Å². The van der Waals surface area contributed by atoms with Crippen LogP contribution in [0.15, 0.2) is 54.6 Å². The zero-order valence-corrected chi connectivity index (χ0v) is 13.0. The van der Waals surface area contributed by atoms with Crippen LogP contribution in [0.5, 0.6) is 0 Å². The fourth-order valence-corrected chi connectivity index (χ4v) is 2.96. The van der Waals surface area contributed by atoms with Gasteiger partial charge in [0, 0.05) is 6.42 Å². The number of carbonyl (C=O) groups is 1. The van der Waals surface area contributed by atoms with Crippen molar-refractivity contribution in [2.24, 2.45) is 5.92 Å². The van der Waals surface area contributed by atoms with E-state index in [0.717, 1.165) is 27.1 Å². The Labute approximate surface area is 135 Å². The van der Waals surface area contributed by atoms with E-state index in [1.54, 1.807) is 6.92 Å². The number of ether oxygens (including phenoxy) is 1. The average molecular weight is 303 g/mol. The van der Waals surface area contributed by atoms with E-state index >= 15 is 0 Å². The number of rotatable bonds is 4. The molecule has 3 aromatic carbocycles. The number of nitriles is 1. The molecule has 114 valence electrons. The Bertz CT molecular complexity index is 854. The minimum Gasteiger partial charge on any atom is -0.465 e. The first-order valence-electron chi connectivity index (χ1n) is 7.70. The van der Waals surface area contributed by atoms with Gasteiger partial charge in [0.25, 0.3) is 0 Å². The maximum Gasteiger partial charge on any atom is 0.323 e. The normalized spacial score (nSPS) is 12.0. The van der Waals surface area contributed by atoms with E-state index in [1.165, 1.54) is 0 Å². The summed E-state index contributed by atoms with van der Waals surface area (Å²) in [5.74, 6) is -1.24. The van der Waals surface area contributed by atoms with E-state index in [2.05, 4.69) is 24.3 Å².